The Kier molecular flexibility index (Phi) is 3.21. The van der Waals surface area contributed by atoms with E-state index >= 15 is 0 Å². The lowest BCUT2D eigenvalue weighted by Gasteiger charge is -2.12. The molecule has 0 aliphatic rings. The third-order valence-electron chi connectivity index (χ3n) is 3.33. The molecule has 0 saturated heterocycles. The number of benzene rings is 2. The molecule has 0 amide bonds. The molecule has 0 unspecified atom stereocenters. The average molecular weight is 264 g/mol. The monoisotopic (exact) mass is 264 g/mol. The normalized spacial score (nSPS) is 11.8. The van der Waals surface area contributed by atoms with Crippen molar-refractivity contribution in [2.75, 3.05) is 12.4 Å². The highest BCUT2D eigenvalue weighted by molar-refractivity contribution is 6.09. The fraction of sp³-hybridized carbons (Fsp3) is 0.125. The van der Waals surface area contributed by atoms with Crippen LogP contribution in [0.4, 0.5) is 5.69 Å². The van der Waals surface area contributed by atoms with Crippen molar-refractivity contribution in [1.29, 1.82) is 0 Å². The van der Waals surface area contributed by atoms with E-state index in [9.17, 15) is 0 Å². The van der Waals surface area contributed by atoms with Crippen molar-refractivity contribution in [3.63, 3.8) is 0 Å². The van der Waals surface area contributed by atoms with Crippen LogP contribution < -0.4 is 5.32 Å². The Labute approximate surface area is 117 Å². The summed E-state index contributed by atoms with van der Waals surface area (Å²) in [5.41, 5.74) is 4.34. The summed E-state index contributed by atoms with van der Waals surface area (Å²) in [6, 6.07) is 14.3. The zero-order chi connectivity index (χ0) is 13.9. The van der Waals surface area contributed by atoms with Gasteiger partial charge in [-0.25, -0.2) is 0 Å². The summed E-state index contributed by atoms with van der Waals surface area (Å²) < 4.78 is 0. The summed E-state index contributed by atoms with van der Waals surface area (Å²) in [5.74, 6) is 0.867. The summed E-state index contributed by atoms with van der Waals surface area (Å²) in [6.07, 6.45) is 1.82. The number of aliphatic imine (C=N–C) groups is 1. The van der Waals surface area contributed by atoms with E-state index in [1.54, 1.807) is 7.05 Å². The molecule has 3 aromatic rings. The number of fused-ring (bicyclic) bond motifs is 1. The molecule has 20 heavy (non-hydrogen) atoms. The molecule has 0 radical (unpaired) electrons. The first-order chi connectivity index (χ1) is 9.78. The maximum atomic E-state index is 4.36. The number of nitrogens with one attached hydrogen (secondary N) is 2. The maximum Gasteiger partial charge on any atom is 0.132 e. The highest BCUT2D eigenvalue weighted by Crippen LogP contribution is 2.18. The predicted octanol–water partition coefficient (Wildman–Crippen LogP) is 3.36. The smallest absolute Gasteiger partial charge is 0.132 e. The molecule has 0 spiro atoms. The second-order valence-electron chi connectivity index (χ2n) is 4.68. The zero-order valence-corrected chi connectivity index (χ0v) is 11.5. The Morgan fingerprint density at radius 1 is 1.20 bits per heavy atom. The first-order valence-corrected chi connectivity index (χ1v) is 6.51. The quantitative estimate of drug-likeness (QED) is 0.551. The molecule has 2 N–H and O–H groups in total. The minimum Gasteiger partial charge on any atom is -0.340 e. The highest BCUT2D eigenvalue weighted by atomic mass is 15.1. The van der Waals surface area contributed by atoms with Gasteiger partial charge in [0.2, 0.25) is 0 Å². The van der Waals surface area contributed by atoms with Crippen LogP contribution in [0.5, 0.6) is 0 Å². The van der Waals surface area contributed by atoms with Crippen LogP contribution in [0.25, 0.3) is 10.9 Å². The second kappa shape index (κ2) is 5.17. The zero-order valence-electron chi connectivity index (χ0n) is 11.5. The van der Waals surface area contributed by atoms with E-state index in [1.165, 1.54) is 5.56 Å². The Morgan fingerprint density at radius 2 is 2.05 bits per heavy atom. The van der Waals surface area contributed by atoms with Gasteiger partial charge in [0.25, 0.3) is 0 Å². The average Bonchev–Trinajstić information content (AvgIpc) is 2.93. The van der Waals surface area contributed by atoms with Gasteiger partial charge in [0.1, 0.15) is 5.84 Å². The van der Waals surface area contributed by atoms with E-state index in [4.69, 9.17) is 0 Å². The molecular weight excluding hydrogens is 248 g/mol. The van der Waals surface area contributed by atoms with E-state index in [1.807, 2.05) is 30.5 Å². The Morgan fingerprint density at radius 3 is 2.85 bits per heavy atom. The molecule has 0 bridgehead atoms. The van der Waals surface area contributed by atoms with Crippen molar-refractivity contribution in [2.45, 2.75) is 6.92 Å². The van der Waals surface area contributed by atoms with Crippen LogP contribution in [0.15, 0.2) is 53.7 Å². The van der Waals surface area contributed by atoms with Gasteiger partial charge >= 0.3 is 0 Å². The predicted molar refractivity (Wildman–Crippen MR) is 83.4 cm³/mol. The van der Waals surface area contributed by atoms with Gasteiger partial charge < -0.3 is 5.32 Å². The molecule has 0 aliphatic carbocycles. The van der Waals surface area contributed by atoms with Crippen LogP contribution in [0, 0.1) is 6.92 Å². The SMILES string of the molecule is CN=C(Nc1ccc2[nH]ncc2c1)c1ccccc1C. The first kappa shape index (κ1) is 12.4. The number of nitrogens with zero attached hydrogens (tertiary/aromatic N) is 2. The van der Waals surface area contributed by atoms with E-state index in [0.717, 1.165) is 28.0 Å². The lowest BCUT2D eigenvalue weighted by Crippen LogP contribution is -2.14. The van der Waals surface area contributed by atoms with Crippen LogP contribution in [0.1, 0.15) is 11.1 Å². The molecule has 1 aromatic heterocycles. The number of amidine groups is 1. The molecule has 100 valence electrons. The van der Waals surface area contributed by atoms with Crippen LogP contribution >= 0.6 is 0 Å². The summed E-state index contributed by atoms with van der Waals surface area (Å²) in [6.45, 7) is 2.08. The first-order valence-electron chi connectivity index (χ1n) is 6.51. The Balaban J connectivity index is 1.94. The number of hydrogen-bond donors (Lipinski definition) is 2. The Hall–Kier alpha value is -2.62. The van der Waals surface area contributed by atoms with E-state index in [-0.39, 0.29) is 0 Å². The van der Waals surface area contributed by atoms with Crippen LogP contribution in [0.2, 0.25) is 0 Å². The number of H-pyrrole nitrogens is 1. The van der Waals surface area contributed by atoms with Crippen molar-refractivity contribution < 1.29 is 0 Å². The van der Waals surface area contributed by atoms with Crippen molar-refractivity contribution in [1.82, 2.24) is 10.2 Å². The van der Waals surface area contributed by atoms with Gasteiger partial charge in [0.15, 0.2) is 0 Å². The molecule has 1 heterocycles. The molecule has 4 heteroatoms. The number of anilines is 1. The molecule has 4 nitrogen and oxygen atoms in total. The van der Waals surface area contributed by atoms with Gasteiger partial charge in [-0.1, -0.05) is 24.3 Å². The van der Waals surface area contributed by atoms with Crippen LogP contribution in [0.3, 0.4) is 0 Å². The van der Waals surface area contributed by atoms with E-state index in [2.05, 4.69) is 45.6 Å². The summed E-state index contributed by atoms with van der Waals surface area (Å²) in [7, 11) is 1.80. The van der Waals surface area contributed by atoms with Gasteiger partial charge in [-0.15, -0.1) is 0 Å². The fourth-order valence-electron chi connectivity index (χ4n) is 2.24. The van der Waals surface area contributed by atoms with Gasteiger partial charge in [0, 0.05) is 23.7 Å². The molecular formula is C16H16N4. The van der Waals surface area contributed by atoms with Crippen molar-refractivity contribution >= 4 is 22.4 Å². The molecule has 3 rings (SSSR count). The van der Waals surface area contributed by atoms with Gasteiger partial charge in [-0.3, -0.25) is 10.1 Å². The lowest BCUT2D eigenvalue weighted by atomic mass is 10.1. The van der Waals surface area contributed by atoms with Gasteiger partial charge in [0.05, 0.1) is 11.7 Å². The minimum atomic E-state index is 0.867. The summed E-state index contributed by atoms with van der Waals surface area (Å²) >= 11 is 0. The maximum absolute atomic E-state index is 4.36. The fourth-order valence-corrected chi connectivity index (χ4v) is 2.24. The topological polar surface area (TPSA) is 53.1 Å². The van der Waals surface area contributed by atoms with E-state index in [0.29, 0.717) is 0 Å². The minimum absolute atomic E-state index is 0.867. The largest absolute Gasteiger partial charge is 0.340 e. The molecule has 0 saturated carbocycles. The number of hydrogen-bond acceptors (Lipinski definition) is 2. The third-order valence-corrected chi connectivity index (χ3v) is 3.33. The van der Waals surface area contributed by atoms with Crippen molar-refractivity contribution in [2.24, 2.45) is 4.99 Å². The van der Waals surface area contributed by atoms with Gasteiger partial charge in [-0.2, -0.15) is 5.10 Å². The third kappa shape index (κ3) is 2.28. The number of aryl methyl sites for hydroxylation is 1. The van der Waals surface area contributed by atoms with Crippen molar-refractivity contribution in [3.8, 4) is 0 Å². The molecule has 0 atom stereocenters. The number of aromatic amines is 1. The second-order valence-corrected chi connectivity index (χ2v) is 4.68. The van der Waals surface area contributed by atoms with Gasteiger partial charge in [-0.05, 0) is 30.7 Å². The summed E-state index contributed by atoms with van der Waals surface area (Å²) in [5, 5.41) is 11.4. The highest BCUT2D eigenvalue weighted by Gasteiger charge is 2.06. The van der Waals surface area contributed by atoms with E-state index < -0.39 is 0 Å². The number of aromatic nitrogens is 2. The molecule has 2 aromatic carbocycles. The lowest BCUT2D eigenvalue weighted by molar-refractivity contribution is 1.12. The van der Waals surface area contributed by atoms with Crippen molar-refractivity contribution in [3.05, 3.63) is 59.8 Å². The number of rotatable bonds is 2. The van der Waals surface area contributed by atoms with Crippen LogP contribution in [-0.2, 0) is 0 Å². The van der Waals surface area contributed by atoms with Crippen LogP contribution in [-0.4, -0.2) is 23.1 Å². The summed E-state index contributed by atoms with van der Waals surface area (Å²) in [4.78, 5) is 4.36. The standard InChI is InChI=1S/C16H16N4/c1-11-5-3-4-6-14(11)16(17-2)19-13-7-8-15-12(9-13)10-18-20-15/h3-10H,1-2H3,(H,17,19)(H,18,20). The Bertz CT molecular complexity index is 771. The molecule has 0 aliphatic heterocycles. The molecule has 0 fully saturated rings.